The van der Waals surface area contributed by atoms with Crippen molar-refractivity contribution in [2.24, 2.45) is 0 Å². The molecule has 168 valence electrons. The summed E-state index contributed by atoms with van der Waals surface area (Å²) in [5, 5.41) is 16.8. The summed E-state index contributed by atoms with van der Waals surface area (Å²) in [6.07, 6.45) is 2.66. The van der Waals surface area contributed by atoms with Crippen LogP contribution in [0.5, 0.6) is 0 Å². The summed E-state index contributed by atoms with van der Waals surface area (Å²) < 4.78 is 26.0. The van der Waals surface area contributed by atoms with Gasteiger partial charge in [0.25, 0.3) is 5.56 Å². The molecule has 9 nitrogen and oxygen atoms in total. The van der Waals surface area contributed by atoms with Crippen molar-refractivity contribution in [1.29, 1.82) is 0 Å². The first kappa shape index (κ1) is 20.7. The van der Waals surface area contributed by atoms with Gasteiger partial charge in [-0.2, -0.15) is 10.2 Å². The molecule has 0 bridgehead atoms. The van der Waals surface area contributed by atoms with Crippen LogP contribution in [-0.2, 0) is 17.7 Å². The summed E-state index contributed by atoms with van der Waals surface area (Å²) in [5.74, 6) is 0.686. The molecule has 0 aromatic carbocycles. The number of rotatable bonds is 5. The molecule has 0 unspecified atom stereocenters. The number of aromatic nitrogens is 5. The van der Waals surface area contributed by atoms with E-state index in [1.165, 1.54) is 4.68 Å². The highest BCUT2D eigenvalue weighted by Crippen LogP contribution is 2.37. The molecule has 10 heteroatoms. The van der Waals surface area contributed by atoms with Crippen LogP contribution in [0.4, 0.5) is 10.1 Å². The molecule has 0 saturated carbocycles. The highest BCUT2D eigenvalue weighted by Gasteiger charge is 2.47. The van der Waals surface area contributed by atoms with E-state index < -0.39 is 6.17 Å². The number of nitrogens with zero attached hydrogens (tertiary/aromatic N) is 6. The Morgan fingerprint density at radius 3 is 2.78 bits per heavy atom. The zero-order valence-electron chi connectivity index (χ0n) is 18.1. The Kier molecular flexibility index (Phi) is 5.24. The van der Waals surface area contributed by atoms with Crippen LogP contribution < -0.4 is 10.5 Å². The minimum Gasteiger partial charge on any atom is -0.368 e. The third-order valence-corrected chi connectivity index (χ3v) is 6.20. The molecule has 0 amide bonds. The minimum absolute atomic E-state index is 0.153. The van der Waals surface area contributed by atoms with Crippen LogP contribution in [0.25, 0.3) is 11.4 Å². The van der Waals surface area contributed by atoms with E-state index in [4.69, 9.17) is 9.26 Å². The summed E-state index contributed by atoms with van der Waals surface area (Å²) >= 11 is 0. The fourth-order valence-electron chi connectivity index (χ4n) is 4.30. The molecular weight excluding hydrogens is 415 g/mol. The minimum atomic E-state index is -0.874. The van der Waals surface area contributed by atoms with Crippen LogP contribution in [0.1, 0.15) is 36.8 Å². The van der Waals surface area contributed by atoms with E-state index >= 15 is 0 Å². The molecule has 0 aliphatic carbocycles. The molecule has 3 aromatic heterocycles. The Labute approximate surface area is 184 Å². The van der Waals surface area contributed by atoms with E-state index in [1.807, 2.05) is 30.9 Å². The van der Waals surface area contributed by atoms with Gasteiger partial charge in [-0.25, -0.2) is 9.07 Å². The first-order valence-electron chi connectivity index (χ1n) is 10.8. The highest BCUT2D eigenvalue weighted by molar-refractivity contribution is 5.59. The summed E-state index contributed by atoms with van der Waals surface area (Å²) in [4.78, 5) is 14.9. The molecule has 1 atom stereocenters. The average molecular weight is 440 g/mol. The van der Waals surface area contributed by atoms with E-state index in [0.717, 1.165) is 16.9 Å². The standard InChI is InChI=1S/C22H25FN6O3/c1-3-19-17(21(27-32-19)18-5-4-14(2)25-26-18)10-29-20(30)8-16(9-24-29)28-12-22(13-28)7-6-15(23)11-31-22/h4-5,8-9,15H,3,6-7,10-13H2,1-2H3/t15-/m1/s1. The monoisotopic (exact) mass is 440 g/mol. The topological polar surface area (TPSA) is 99.2 Å². The second-order valence-corrected chi connectivity index (χ2v) is 8.54. The predicted molar refractivity (Wildman–Crippen MR) is 114 cm³/mol. The van der Waals surface area contributed by atoms with Gasteiger partial charge in [0.2, 0.25) is 0 Å². The Balaban J connectivity index is 1.34. The molecule has 3 aromatic rings. The van der Waals surface area contributed by atoms with Crippen LogP contribution in [0, 0.1) is 6.92 Å². The number of hydrogen-bond acceptors (Lipinski definition) is 8. The van der Waals surface area contributed by atoms with Gasteiger partial charge in [-0.05, 0) is 31.9 Å². The van der Waals surface area contributed by atoms with Gasteiger partial charge in [0.1, 0.15) is 28.9 Å². The average Bonchev–Trinajstić information content (AvgIpc) is 3.17. The summed E-state index contributed by atoms with van der Waals surface area (Å²) in [5.41, 5.74) is 2.96. The molecule has 2 aliphatic heterocycles. The van der Waals surface area contributed by atoms with Gasteiger partial charge >= 0.3 is 0 Å². The molecule has 2 saturated heterocycles. The molecule has 5 heterocycles. The molecule has 0 radical (unpaired) electrons. The first-order chi connectivity index (χ1) is 15.5. The Morgan fingerprint density at radius 2 is 2.12 bits per heavy atom. The quantitative estimate of drug-likeness (QED) is 0.596. The van der Waals surface area contributed by atoms with Crippen molar-refractivity contribution in [3.8, 4) is 11.4 Å². The van der Waals surface area contributed by atoms with Gasteiger partial charge in [-0.1, -0.05) is 12.1 Å². The predicted octanol–water partition coefficient (Wildman–Crippen LogP) is 2.31. The van der Waals surface area contributed by atoms with E-state index in [2.05, 4.69) is 20.5 Å². The van der Waals surface area contributed by atoms with Gasteiger partial charge in [0.05, 0.1) is 30.7 Å². The van der Waals surface area contributed by atoms with Gasteiger partial charge in [-0.3, -0.25) is 4.79 Å². The normalized spacial score (nSPS) is 19.8. The zero-order chi connectivity index (χ0) is 22.3. The maximum absolute atomic E-state index is 13.4. The lowest BCUT2D eigenvalue weighted by Crippen LogP contribution is -2.65. The third-order valence-electron chi connectivity index (χ3n) is 6.20. The zero-order valence-corrected chi connectivity index (χ0v) is 18.1. The van der Waals surface area contributed by atoms with E-state index in [0.29, 0.717) is 49.5 Å². The lowest BCUT2D eigenvalue weighted by molar-refractivity contribution is -0.120. The van der Waals surface area contributed by atoms with Crippen molar-refractivity contribution in [3.05, 3.63) is 51.8 Å². The van der Waals surface area contributed by atoms with Gasteiger partial charge in [0.15, 0.2) is 0 Å². The van der Waals surface area contributed by atoms with Crippen LogP contribution in [0.15, 0.2) is 33.7 Å². The second kappa shape index (κ2) is 8.09. The lowest BCUT2D eigenvalue weighted by Gasteiger charge is -2.52. The van der Waals surface area contributed by atoms with Gasteiger partial charge < -0.3 is 14.2 Å². The van der Waals surface area contributed by atoms with Crippen LogP contribution in [-0.4, -0.2) is 56.6 Å². The van der Waals surface area contributed by atoms with Crippen molar-refractivity contribution in [1.82, 2.24) is 25.1 Å². The Morgan fingerprint density at radius 1 is 1.28 bits per heavy atom. The fraction of sp³-hybridized carbons (Fsp3) is 0.500. The number of aryl methyl sites for hydroxylation is 2. The third kappa shape index (κ3) is 3.79. The molecule has 1 spiro atoms. The summed E-state index contributed by atoms with van der Waals surface area (Å²) in [6, 6.07) is 5.26. The number of ether oxygens (including phenoxy) is 1. The van der Waals surface area contributed by atoms with Gasteiger partial charge in [-0.15, -0.1) is 5.10 Å². The molecular formula is C22H25FN6O3. The van der Waals surface area contributed by atoms with Crippen molar-refractivity contribution in [3.63, 3.8) is 0 Å². The molecule has 0 N–H and O–H groups in total. The molecule has 32 heavy (non-hydrogen) atoms. The summed E-state index contributed by atoms with van der Waals surface area (Å²) in [7, 11) is 0. The van der Waals surface area contributed by atoms with Crippen LogP contribution >= 0.6 is 0 Å². The first-order valence-corrected chi connectivity index (χ1v) is 10.8. The lowest BCUT2D eigenvalue weighted by atomic mass is 9.85. The van der Waals surface area contributed by atoms with Gasteiger partial charge in [0, 0.05) is 31.1 Å². The van der Waals surface area contributed by atoms with Crippen molar-refractivity contribution in [2.45, 2.75) is 51.4 Å². The molecule has 5 rings (SSSR count). The number of alkyl halides is 1. The van der Waals surface area contributed by atoms with E-state index in [-0.39, 0.29) is 24.3 Å². The number of hydrogen-bond donors (Lipinski definition) is 0. The Hall–Kier alpha value is -3.14. The van der Waals surface area contributed by atoms with E-state index in [9.17, 15) is 9.18 Å². The number of halogens is 1. The second-order valence-electron chi connectivity index (χ2n) is 8.54. The van der Waals surface area contributed by atoms with Crippen molar-refractivity contribution in [2.75, 3.05) is 24.6 Å². The maximum atomic E-state index is 13.4. The van der Waals surface area contributed by atoms with Crippen molar-refractivity contribution < 1.29 is 13.7 Å². The summed E-state index contributed by atoms with van der Waals surface area (Å²) in [6.45, 7) is 5.49. The highest BCUT2D eigenvalue weighted by atomic mass is 19.1. The largest absolute Gasteiger partial charge is 0.368 e. The van der Waals surface area contributed by atoms with E-state index in [1.54, 1.807) is 12.3 Å². The smallest absolute Gasteiger partial charge is 0.269 e. The molecule has 2 aliphatic rings. The SMILES string of the molecule is CCc1onc(-c2ccc(C)nn2)c1Cn1ncc(N2CC3(CC[C@@H](F)CO3)C2)cc1=O. The van der Waals surface area contributed by atoms with Crippen molar-refractivity contribution >= 4 is 5.69 Å². The fourth-order valence-corrected chi connectivity index (χ4v) is 4.30. The van der Waals surface area contributed by atoms with Crippen LogP contribution in [0.2, 0.25) is 0 Å². The van der Waals surface area contributed by atoms with Crippen LogP contribution in [0.3, 0.4) is 0 Å². The maximum Gasteiger partial charge on any atom is 0.269 e. The number of anilines is 1. The Bertz CT molecular complexity index is 1160. The molecule has 2 fully saturated rings.